The molecule has 1 aliphatic rings. The van der Waals surface area contributed by atoms with Gasteiger partial charge in [0.25, 0.3) is 0 Å². The second kappa shape index (κ2) is 9.83. The molecule has 0 atom stereocenters. The molecule has 0 aromatic heterocycles. The molecular formula is C21H32FN3O2. The SMILES string of the molecule is CC(C)(C)NC(=O)CN1CCC(CNC(=O)CCc2ccc(F)cc2)CC1. The van der Waals surface area contributed by atoms with Crippen molar-refractivity contribution in [1.82, 2.24) is 15.5 Å². The fraction of sp³-hybridized carbons (Fsp3) is 0.619. The highest BCUT2D eigenvalue weighted by Crippen LogP contribution is 2.16. The van der Waals surface area contributed by atoms with Crippen LogP contribution in [0, 0.1) is 11.7 Å². The van der Waals surface area contributed by atoms with E-state index in [0.717, 1.165) is 31.5 Å². The highest BCUT2D eigenvalue weighted by atomic mass is 19.1. The van der Waals surface area contributed by atoms with Gasteiger partial charge in [-0.2, -0.15) is 0 Å². The van der Waals surface area contributed by atoms with Crippen LogP contribution in [0.2, 0.25) is 0 Å². The maximum Gasteiger partial charge on any atom is 0.234 e. The molecule has 150 valence electrons. The van der Waals surface area contributed by atoms with Crippen molar-refractivity contribution in [3.05, 3.63) is 35.6 Å². The van der Waals surface area contributed by atoms with E-state index in [2.05, 4.69) is 15.5 Å². The van der Waals surface area contributed by atoms with Crippen LogP contribution in [-0.2, 0) is 16.0 Å². The van der Waals surface area contributed by atoms with E-state index < -0.39 is 0 Å². The normalized spacial score (nSPS) is 16.1. The lowest BCUT2D eigenvalue weighted by atomic mass is 9.96. The largest absolute Gasteiger partial charge is 0.356 e. The third kappa shape index (κ3) is 8.52. The Labute approximate surface area is 161 Å². The molecule has 0 radical (unpaired) electrons. The smallest absolute Gasteiger partial charge is 0.234 e. The topological polar surface area (TPSA) is 61.4 Å². The Hall–Kier alpha value is -1.95. The first-order chi connectivity index (χ1) is 12.7. The molecule has 2 amide bonds. The lowest BCUT2D eigenvalue weighted by Crippen LogP contribution is -2.48. The van der Waals surface area contributed by atoms with Gasteiger partial charge in [0.2, 0.25) is 11.8 Å². The van der Waals surface area contributed by atoms with E-state index in [1.807, 2.05) is 20.8 Å². The fourth-order valence-corrected chi connectivity index (χ4v) is 3.27. The molecule has 0 spiro atoms. The van der Waals surface area contributed by atoms with Crippen LogP contribution in [-0.4, -0.2) is 48.4 Å². The van der Waals surface area contributed by atoms with Crippen molar-refractivity contribution < 1.29 is 14.0 Å². The lowest BCUT2D eigenvalue weighted by Gasteiger charge is -2.32. The van der Waals surface area contributed by atoms with Crippen LogP contribution < -0.4 is 10.6 Å². The molecule has 1 aromatic rings. The van der Waals surface area contributed by atoms with E-state index in [-0.39, 0.29) is 23.2 Å². The van der Waals surface area contributed by atoms with E-state index in [4.69, 9.17) is 0 Å². The summed E-state index contributed by atoms with van der Waals surface area (Å²) < 4.78 is 12.9. The number of carbonyl (C=O) groups is 2. The van der Waals surface area contributed by atoms with Crippen LogP contribution in [0.5, 0.6) is 0 Å². The van der Waals surface area contributed by atoms with Gasteiger partial charge in [-0.1, -0.05) is 12.1 Å². The molecule has 1 fully saturated rings. The fourth-order valence-electron chi connectivity index (χ4n) is 3.27. The van der Waals surface area contributed by atoms with E-state index in [0.29, 0.717) is 31.8 Å². The maximum atomic E-state index is 12.9. The van der Waals surface area contributed by atoms with Gasteiger partial charge in [0, 0.05) is 18.5 Å². The number of benzene rings is 1. The van der Waals surface area contributed by atoms with Gasteiger partial charge in [0.05, 0.1) is 6.54 Å². The van der Waals surface area contributed by atoms with Crippen molar-refractivity contribution in [2.24, 2.45) is 5.92 Å². The zero-order chi connectivity index (χ0) is 19.9. The van der Waals surface area contributed by atoms with E-state index in [9.17, 15) is 14.0 Å². The third-order valence-electron chi connectivity index (χ3n) is 4.73. The van der Waals surface area contributed by atoms with Crippen molar-refractivity contribution in [3.63, 3.8) is 0 Å². The molecule has 0 bridgehead atoms. The van der Waals surface area contributed by atoms with Crippen LogP contribution in [0.4, 0.5) is 4.39 Å². The monoisotopic (exact) mass is 377 g/mol. The maximum absolute atomic E-state index is 12.9. The molecule has 5 nitrogen and oxygen atoms in total. The highest BCUT2D eigenvalue weighted by molar-refractivity contribution is 5.78. The predicted molar refractivity (Wildman–Crippen MR) is 105 cm³/mol. The summed E-state index contributed by atoms with van der Waals surface area (Å²) in [5.74, 6) is 0.300. The number of likely N-dealkylation sites (tertiary alicyclic amines) is 1. The number of aryl methyl sites for hydroxylation is 1. The number of halogens is 1. The summed E-state index contributed by atoms with van der Waals surface area (Å²) in [5.41, 5.74) is 0.765. The van der Waals surface area contributed by atoms with E-state index in [1.165, 1.54) is 12.1 Å². The summed E-state index contributed by atoms with van der Waals surface area (Å²) in [4.78, 5) is 26.2. The van der Waals surface area contributed by atoms with Crippen LogP contribution in [0.3, 0.4) is 0 Å². The number of hydrogen-bond donors (Lipinski definition) is 2. The molecule has 1 aliphatic heterocycles. The molecule has 0 saturated carbocycles. The molecule has 0 unspecified atom stereocenters. The second-order valence-corrected chi connectivity index (χ2v) is 8.45. The number of nitrogens with zero attached hydrogens (tertiary/aromatic N) is 1. The first-order valence-corrected chi connectivity index (χ1v) is 9.76. The number of amides is 2. The Bertz CT molecular complexity index is 617. The zero-order valence-electron chi connectivity index (χ0n) is 16.7. The molecule has 27 heavy (non-hydrogen) atoms. The summed E-state index contributed by atoms with van der Waals surface area (Å²) in [6, 6.07) is 6.27. The van der Waals surface area contributed by atoms with Gasteiger partial charge in [-0.25, -0.2) is 4.39 Å². The Balaban J connectivity index is 1.60. The number of carbonyl (C=O) groups excluding carboxylic acids is 2. The van der Waals surface area contributed by atoms with Gasteiger partial charge in [-0.15, -0.1) is 0 Å². The quantitative estimate of drug-likeness (QED) is 0.768. The summed E-state index contributed by atoms with van der Waals surface area (Å²) >= 11 is 0. The molecule has 1 heterocycles. The molecule has 1 saturated heterocycles. The molecule has 2 N–H and O–H groups in total. The summed E-state index contributed by atoms with van der Waals surface area (Å²) in [6.45, 7) is 8.83. The number of nitrogens with one attached hydrogen (secondary N) is 2. The van der Waals surface area contributed by atoms with Crippen molar-refractivity contribution in [2.75, 3.05) is 26.2 Å². The summed E-state index contributed by atoms with van der Waals surface area (Å²) in [5, 5.41) is 6.00. The van der Waals surface area contributed by atoms with Crippen molar-refractivity contribution in [1.29, 1.82) is 0 Å². The van der Waals surface area contributed by atoms with E-state index in [1.54, 1.807) is 12.1 Å². The average molecular weight is 378 g/mol. The number of rotatable bonds is 7. The molecular weight excluding hydrogens is 345 g/mol. The van der Waals surface area contributed by atoms with Crippen molar-refractivity contribution in [3.8, 4) is 0 Å². The molecule has 2 rings (SSSR count). The van der Waals surface area contributed by atoms with Gasteiger partial charge < -0.3 is 10.6 Å². The van der Waals surface area contributed by atoms with Gasteiger partial charge in [0.1, 0.15) is 5.82 Å². The van der Waals surface area contributed by atoms with Crippen molar-refractivity contribution in [2.45, 2.75) is 52.0 Å². The predicted octanol–water partition coefficient (Wildman–Crippen LogP) is 2.50. The number of hydrogen-bond acceptors (Lipinski definition) is 3. The summed E-state index contributed by atoms with van der Waals surface area (Å²) in [6.07, 6.45) is 3.01. The Morgan fingerprint density at radius 2 is 1.74 bits per heavy atom. The van der Waals surface area contributed by atoms with E-state index >= 15 is 0 Å². The zero-order valence-corrected chi connectivity index (χ0v) is 16.7. The standard InChI is InChI=1S/C21H32FN3O2/c1-21(2,3)24-20(27)15-25-12-10-17(11-13-25)14-23-19(26)9-6-16-4-7-18(22)8-5-16/h4-5,7-8,17H,6,9-15H2,1-3H3,(H,23,26)(H,24,27). The minimum absolute atomic E-state index is 0.0336. The van der Waals surface area contributed by atoms with Gasteiger partial charge in [-0.3, -0.25) is 14.5 Å². The van der Waals surface area contributed by atoms with Gasteiger partial charge in [-0.05, 0) is 76.7 Å². The van der Waals surface area contributed by atoms with Crippen LogP contribution >= 0.6 is 0 Å². The average Bonchev–Trinajstić information content (AvgIpc) is 2.59. The molecule has 6 heteroatoms. The lowest BCUT2D eigenvalue weighted by molar-refractivity contribution is -0.124. The molecule has 0 aliphatic carbocycles. The Morgan fingerprint density at radius 1 is 1.11 bits per heavy atom. The van der Waals surface area contributed by atoms with Gasteiger partial charge in [0.15, 0.2) is 0 Å². The van der Waals surface area contributed by atoms with Gasteiger partial charge >= 0.3 is 0 Å². The Morgan fingerprint density at radius 3 is 2.33 bits per heavy atom. The summed E-state index contributed by atoms with van der Waals surface area (Å²) in [7, 11) is 0. The second-order valence-electron chi connectivity index (χ2n) is 8.45. The van der Waals surface area contributed by atoms with Crippen LogP contribution in [0.25, 0.3) is 0 Å². The van der Waals surface area contributed by atoms with Crippen LogP contribution in [0.15, 0.2) is 24.3 Å². The van der Waals surface area contributed by atoms with Crippen LogP contribution in [0.1, 0.15) is 45.6 Å². The Kier molecular flexibility index (Phi) is 7.78. The third-order valence-corrected chi connectivity index (χ3v) is 4.73. The minimum Gasteiger partial charge on any atom is -0.356 e. The minimum atomic E-state index is -0.259. The first-order valence-electron chi connectivity index (χ1n) is 9.76. The molecule has 1 aromatic carbocycles. The number of piperidine rings is 1. The first kappa shape index (κ1) is 21.4. The van der Waals surface area contributed by atoms with Crippen molar-refractivity contribution >= 4 is 11.8 Å². The highest BCUT2D eigenvalue weighted by Gasteiger charge is 2.22.